The van der Waals surface area contributed by atoms with Gasteiger partial charge in [-0.2, -0.15) is 19.0 Å². The summed E-state index contributed by atoms with van der Waals surface area (Å²) in [6, 6.07) is 11.5. The van der Waals surface area contributed by atoms with Crippen molar-refractivity contribution in [2.24, 2.45) is 7.05 Å². The molecule has 1 aliphatic heterocycles. The number of aliphatic hydroxyl groups is 1. The Morgan fingerprint density at radius 1 is 1.14 bits per heavy atom. The minimum atomic E-state index is -3.09. The van der Waals surface area contributed by atoms with Crippen LogP contribution in [-0.4, -0.2) is 67.0 Å². The molecule has 3 aromatic heterocycles. The fraction of sp³-hybridized carbons (Fsp3) is 0.241. The lowest BCUT2D eigenvalue weighted by Gasteiger charge is -2.45. The lowest BCUT2D eigenvalue weighted by molar-refractivity contribution is -0.0919. The summed E-state index contributed by atoms with van der Waals surface area (Å²) in [7, 11) is 3.57. The Bertz CT molecular complexity index is 1800. The molecular weight excluding hydrogens is 548 g/mol. The Balaban J connectivity index is 1.34. The van der Waals surface area contributed by atoms with E-state index in [-0.39, 0.29) is 28.3 Å². The zero-order chi connectivity index (χ0) is 29.6. The molecule has 1 fully saturated rings. The summed E-state index contributed by atoms with van der Waals surface area (Å²) in [6.07, 6.45) is 6.15. The van der Waals surface area contributed by atoms with E-state index in [1.54, 1.807) is 37.8 Å². The molecule has 0 aliphatic carbocycles. The molecule has 0 spiro atoms. The highest BCUT2D eigenvalue weighted by Gasteiger charge is 2.41. The van der Waals surface area contributed by atoms with Crippen LogP contribution in [0.2, 0.25) is 0 Å². The van der Waals surface area contributed by atoms with Crippen molar-refractivity contribution < 1.29 is 28.2 Å². The van der Waals surface area contributed by atoms with Crippen LogP contribution in [0, 0.1) is 6.92 Å². The SMILES string of the molecule is Cc1cc(Oc2ccc(OC(F)F)c(-c3nn(C)cc3NC(=O)c3cnn4cccnc34)c2)cc(C2(O)CN(C)C2)c1. The maximum Gasteiger partial charge on any atom is 0.387 e. The van der Waals surface area contributed by atoms with E-state index in [2.05, 4.69) is 20.5 Å². The molecule has 0 unspecified atom stereocenters. The maximum atomic E-state index is 13.4. The number of ether oxygens (including phenoxy) is 2. The summed E-state index contributed by atoms with van der Waals surface area (Å²) in [5, 5.41) is 22.3. The number of aryl methyl sites for hydroxylation is 2. The normalized spacial score (nSPS) is 14.6. The minimum Gasteiger partial charge on any atom is -0.457 e. The van der Waals surface area contributed by atoms with E-state index in [0.29, 0.717) is 30.2 Å². The number of carbonyl (C=O) groups excluding carboxylic acids is 1. The number of nitrogens with one attached hydrogen (secondary N) is 1. The van der Waals surface area contributed by atoms with Crippen LogP contribution in [0.3, 0.4) is 0 Å². The third kappa shape index (κ3) is 5.27. The highest BCUT2D eigenvalue weighted by molar-refractivity contribution is 6.09. The number of amides is 1. The molecule has 1 amide bonds. The number of hydrogen-bond donors (Lipinski definition) is 2. The van der Waals surface area contributed by atoms with Gasteiger partial charge in [0.25, 0.3) is 5.91 Å². The van der Waals surface area contributed by atoms with Crippen LogP contribution in [0.15, 0.2) is 67.3 Å². The summed E-state index contributed by atoms with van der Waals surface area (Å²) in [4.78, 5) is 19.4. The number of β-amino-alcohol motifs (C(OH)–C–C–N with tert-alkyl or cyclic N) is 1. The van der Waals surface area contributed by atoms with Gasteiger partial charge in [0, 0.05) is 38.7 Å². The molecule has 216 valence electrons. The summed E-state index contributed by atoms with van der Waals surface area (Å²) in [6.45, 7) is -0.198. The molecule has 6 rings (SSSR count). The Morgan fingerprint density at radius 2 is 1.95 bits per heavy atom. The van der Waals surface area contributed by atoms with Crippen LogP contribution in [-0.2, 0) is 12.6 Å². The van der Waals surface area contributed by atoms with Crippen molar-refractivity contribution in [2.75, 3.05) is 25.5 Å². The lowest BCUT2D eigenvalue weighted by Crippen LogP contribution is -2.57. The van der Waals surface area contributed by atoms with Gasteiger partial charge in [-0.15, -0.1) is 0 Å². The van der Waals surface area contributed by atoms with Gasteiger partial charge < -0.3 is 19.9 Å². The minimum absolute atomic E-state index is 0.152. The van der Waals surface area contributed by atoms with E-state index < -0.39 is 18.1 Å². The number of aromatic nitrogens is 5. The Morgan fingerprint density at radius 3 is 2.71 bits per heavy atom. The molecule has 0 saturated carbocycles. The summed E-state index contributed by atoms with van der Waals surface area (Å²) in [5.41, 5.74) is 1.83. The first-order valence-electron chi connectivity index (χ1n) is 13.0. The number of likely N-dealkylation sites (tertiary alicyclic amines) is 1. The third-order valence-electron chi connectivity index (χ3n) is 6.91. The van der Waals surface area contributed by atoms with Crippen LogP contribution >= 0.6 is 0 Å². The second-order valence-electron chi connectivity index (χ2n) is 10.3. The van der Waals surface area contributed by atoms with Crippen LogP contribution < -0.4 is 14.8 Å². The quantitative estimate of drug-likeness (QED) is 0.282. The van der Waals surface area contributed by atoms with Crippen molar-refractivity contribution >= 4 is 17.2 Å². The van der Waals surface area contributed by atoms with Crippen LogP contribution in [0.25, 0.3) is 16.9 Å². The number of hydrogen-bond acceptors (Lipinski definition) is 8. The van der Waals surface area contributed by atoms with Crippen LogP contribution in [0.1, 0.15) is 21.5 Å². The first-order chi connectivity index (χ1) is 20.1. The standard InChI is InChI=1S/C29H27F2N7O4/c1-17-9-18(29(40)15-36(2)16-29)11-20(10-17)41-19-5-6-24(42-28(30)31)21(12-19)25-23(14-37(3)35-25)34-27(39)22-13-33-38-8-4-7-32-26(22)38/h4-14,28,40H,15-16H2,1-3H3,(H,34,39). The molecule has 1 saturated heterocycles. The van der Waals surface area contributed by atoms with Gasteiger partial charge in [-0.1, -0.05) is 6.07 Å². The Hall–Kier alpha value is -4.88. The average Bonchev–Trinajstić information content (AvgIpc) is 3.51. The zero-order valence-corrected chi connectivity index (χ0v) is 23.0. The summed E-state index contributed by atoms with van der Waals surface area (Å²) in [5.74, 6) is 0.127. The molecule has 2 N–H and O–H groups in total. The van der Waals surface area contributed by atoms with Gasteiger partial charge in [0.2, 0.25) is 0 Å². The second kappa shape index (κ2) is 10.5. The van der Waals surface area contributed by atoms with Crippen molar-refractivity contribution in [2.45, 2.75) is 19.1 Å². The van der Waals surface area contributed by atoms with Gasteiger partial charge in [-0.05, 0) is 61.5 Å². The van der Waals surface area contributed by atoms with Gasteiger partial charge in [-0.3, -0.25) is 14.4 Å². The number of carbonyl (C=O) groups is 1. The molecule has 0 radical (unpaired) electrons. The molecule has 2 aromatic carbocycles. The lowest BCUT2D eigenvalue weighted by atomic mass is 9.86. The van der Waals surface area contributed by atoms with E-state index in [1.807, 2.05) is 31.0 Å². The largest absolute Gasteiger partial charge is 0.457 e. The maximum absolute atomic E-state index is 13.4. The molecule has 11 nitrogen and oxygen atoms in total. The Labute approximate surface area is 238 Å². The molecule has 0 bridgehead atoms. The van der Waals surface area contributed by atoms with E-state index in [9.17, 15) is 18.7 Å². The number of rotatable bonds is 8. The fourth-order valence-electron chi connectivity index (χ4n) is 5.15. The van der Waals surface area contributed by atoms with E-state index in [4.69, 9.17) is 9.47 Å². The third-order valence-corrected chi connectivity index (χ3v) is 6.91. The van der Waals surface area contributed by atoms with Crippen molar-refractivity contribution in [3.63, 3.8) is 0 Å². The summed E-state index contributed by atoms with van der Waals surface area (Å²) >= 11 is 0. The fourth-order valence-corrected chi connectivity index (χ4v) is 5.15. The number of nitrogens with zero attached hydrogens (tertiary/aromatic N) is 6. The number of likely N-dealkylation sites (N-methyl/N-ethyl adjacent to an activating group) is 1. The number of anilines is 1. The van der Waals surface area contributed by atoms with E-state index in [1.165, 1.54) is 33.6 Å². The predicted octanol–water partition coefficient (Wildman–Crippen LogP) is 4.22. The highest BCUT2D eigenvalue weighted by Crippen LogP contribution is 2.40. The van der Waals surface area contributed by atoms with E-state index in [0.717, 1.165) is 11.1 Å². The number of benzene rings is 2. The molecule has 5 aromatic rings. The monoisotopic (exact) mass is 575 g/mol. The number of fused-ring (bicyclic) bond motifs is 1. The first kappa shape index (κ1) is 27.3. The smallest absolute Gasteiger partial charge is 0.387 e. The topological polar surface area (TPSA) is 119 Å². The van der Waals surface area contributed by atoms with Gasteiger partial charge >= 0.3 is 6.61 Å². The van der Waals surface area contributed by atoms with Gasteiger partial charge in [-0.25, -0.2) is 9.50 Å². The molecule has 4 heterocycles. The second-order valence-corrected chi connectivity index (χ2v) is 10.3. The molecule has 0 atom stereocenters. The van der Waals surface area contributed by atoms with Crippen molar-refractivity contribution in [1.29, 1.82) is 0 Å². The van der Waals surface area contributed by atoms with E-state index >= 15 is 0 Å². The summed E-state index contributed by atoms with van der Waals surface area (Å²) < 4.78 is 40.6. The zero-order valence-electron chi connectivity index (χ0n) is 23.0. The van der Waals surface area contributed by atoms with Crippen molar-refractivity contribution in [3.8, 4) is 28.5 Å². The predicted molar refractivity (Wildman–Crippen MR) is 149 cm³/mol. The average molecular weight is 576 g/mol. The highest BCUT2D eigenvalue weighted by atomic mass is 19.3. The molecular formula is C29H27F2N7O4. The first-order valence-corrected chi connectivity index (χ1v) is 13.0. The van der Waals surface area contributed by atoms with Crippen molar-refractivity contribution in [1.82, 2.24) is 29.3 Å². The van der Waals surface area contributed by atoms with Crippen LogP contribution in [0.4, 0.5) is 14.5 Å². The van der Waals surface area contributed by atoms with Gasteiger partial charge in [0.05, 0.1) is 17.4 Å². The van der Waals surface area contributed by atoms with Crippen molar-refractivity contribution in [3.05, 3.63) is 83.9 Å². The van der Waals surface area contributed by atoms with Gasteiger partial charge in [0.15, 0.2) is 5.65 Å². The Kier molecular flexibility index (Phi) is 6.83. The van der Waals surface area contributed by atoms with Gasteiger partial charge in [0.1, 0.15) is 34.1 Å². The molecule has 42 heavy (non-hydrogen) atoms. The number of alkyl halides is 2. The number of halogens is 2. The molecule has 13 heteroatoms. The van der Waals surface area contributed by atoms with Crippen LogP contribution in [0.5, 0.6) is 17.2 Å². The molecule has 1 aliphatic rings.